The molecule has 0 unspecified atom stereocenters. The van der Waals surface area contributed by atoms with Gasteiger partial charge in [-0.05, 0) is 54.2 Å². The molecule has 1 aliphatic heterocycles. The van der Waals surface area contributed by atoms with Crippen LogP contribution in [0, 0.1) is 5.92 Å². The fourth-order valence-corrected chi connectivity index (χ4v) is 5.27. The van der Waals surface area contributed by atoms with E-state index in [-0.39, 0.29) is 22.8 Å². The first kappa shape index (κ1) is 33.6. The zero-order valence-electron chi connectivity index (χ0n) is 27.3. The lowest BCUT2D eigenvalue weighted by atomic mass is 9.79. The van der Waals surface area contributed by atoms with Crippen molar-refractivity contribution in [1.29, 1.82) is 0 Å². The number of esters is 1. The molecule has 2 aromatic rings. The van der Waals surface area contributed by atoms with E-state index < -0.39 is 5.97 Å². The molecule has 0 saturated carbocycles. The van der Waals surface area contributed by atoms with Crippen molar-refractivity contribution in [2.24, 2.45) is 11.0 Å². The van der Waals surface area contributed by atoms with Crippen LogP contribution >= 0.6 is 0 Å². The number of hydrazone groups is 1. The van der Waals surface area contributed by atoms with Crippen LogP contribution in [-0.2, 0) is 31.7 Å². The van der Waals surface area contributed by atoms with Crippen molar-refractivity contribution in [3.8, 4) is 11.5 Å². The SMILES string of the molecule is COC[C@@H]1CCCN1/N=C(/C(=O)Oc1c(C(C)(C)C)cc(OC)cc1C(C)(C)C)[C@@H](C)CCCOCc1ccccc1. The Balaban J connectivity index is 1.88. The topological polar surface area (TPSA) is 69.6 Å². The van der Waals surface area contributed by atoms with Crippen molar-refractivity contribution in [3.05, 3.63) is 59.2 Å². The highest BCUT2D eigenvalue weighted by molar-refractivity contribution is 6.37. The van der Waals surface area contributed by atoms with Gasteiger partial charge in [0, 0.05) is 37.3 Å². The highest BCUT2D eigenvalue weighted by atomic mass is 16.5. The summed E-state index contributed by atoms with van der Waals surface area (Å²) in [5.74, 6) is 0.830. The van der Waals surface area contributed by atoms with Crippen molar-refractivity contribution in [3.63, 3.8) is 0 Å². The second kappa shape index (κ2) is 15.0. The van der Waals surface area contributed by atoms with E-state index in [1.165, 1.54) is 0 Å². The molecule has 1 fully saturated rings. The quantitative estimate of drug-likeness (QED) is 0.107. The minimum atomic E-state index is -0.406. The summed E-state index contributed by atoms with van der Waals surface area (Å²) < 4.78 is 23.4. The molecule has 2 aromatic carbocycles. The van der Waals surface area contributed by atoms with E-state index in [1.807, 2.05) is 35.3 Å². The Morgan fingerprint density at radius 3 is 2.24 bits per heavy atom. The molecule has 0 aliphatic carbocycles. The summed E-state index contributed by atoms with van der Waals surface area (Å²) in [5.41, 5.74) is 2.90. The molecule has 0 amide bonds. The van der Waals surface area contributed by atoms with Crippen molar-refractivity contribution in [2.75, 3.05) is 34.0 Å². The van der Waals surface area contributed by atoms with E-state index in [0.29, 0.717) is 31.3 Å². The van der Waals surface area contributed by atoms with E-state index in [4.69, 9.17) is 24.0 Å². The number of nitrogens with zero attached hydrogens (tertiary/aromatic N) is 2. The fraction of sp³-hybridized carbons (Fsp3) is 0.600. The van der Waals surface area contributed by atoms with Crippen LogP contribution in [0.25, 0.3) is 0 Å². The summed E-state index contributed by atoms with van der Waals surface area (Å²) in [5, 5.41) is 6.99. The fourth-order valence-electron chi connectivity index (χ4n) is 5.27. The Hall–Kier alpha value is -2.90. The third-order valence-corrected chi connectivity index (χ3v) is 7.76. The van der Waals surface area contributed by atoms with Gasteiger partial charge in [0.15, 0.2) is 0 Å². The Bertz CT molecular complexity index is 1150. The van der Waals surface area contributed by atoms with E-state index in [1.54, 1.807) is 14.2 Å². The van der Waals surface area contributed by atoms with E-state index in [9.17, 15) is 4.79 Å². The molecule has 7 heteroatoms. The van der Waals surface area contributed by atoms with E-state index in [0.717, 1.165) is 54.7 Å². The molecule has 0 bridgehead atoms. The summed E-state index contributed by atoms with van der Waals surface area (Å²) >= 11 is 0. The van der Waals surface area contributed by atoms with Crippen molar-refractivity contribution < 1.29 is 23.7 Å². The average molecular weight is 581 g/mol. The highest BCUT2D eigenvalue weighted by Gasteiger charge is 2.33. The van der Waals surface area contributed by atoms with Crippen LogP contribution < -0.4 is 9.47 Å². The van der Waals surface area contributed by atoms with Gasteiger partial charge in [0.1, 0.15) is 17.2 Å². The van der Waals surface area contributed by atoms with Gasteiger partial charge < -0.3 is 18.9 Å². The third-order valence-electron chi connectivity index (χ3n) is 7.76. The van der Waals surface area contributed by atoms with E-state index >= 15 is 0 Å². The largest absolute Gasteiger partial charge is 0.497 e. The number of rotatable bonds is 13. The minimum Gasteiger partial charge on any atom is -0.497 e. The summed E-state index contributed by atoms with van der Waals surface area (Å²) in [7, 11) is 3.38. The molecule has 0 N–H and O–H groups in total. The van der Waals surface area contributed by atoms with Crippen LogP contribution in [0.5, 0.6) is 11.5 Å². The van der Waals surface area contributed by atoms with Gasteiger partial charge in [-0.15, -0.1) is 0 Å². The molecule has 2 atom stereocenters. The second-order valence-corrected chi connectivity index (χ2v) is 13.4. The molecule has 1 aliphatic rings. The predicted molar refractivity (Wildman–Crippen MR) is 170 cm³/mol. The number of benzene rings is 2. The van der Waals surface area contributed by atoms with Crippen LogP contribution in [0.4, 0.5) is 0 Å². The number of carbonyl (C=O) groups excluding carboxylic acids is 1. The molecule has 1 saturated heterocycles. The van der Waals surface area contributed by atoms with Crippen LogP contribution in [0.15, 0.2) is 47.6 Å². The molecule has 232 valence electrons. The lowest BCUT2D eigenvalue weighted by molar-refractivity contribution is -0.127. The standard InChI is InChI=1S/C35H52N2O5/c1-25(15-14-20-41-23-26-16-11-10-12-17-26)31(36-37-19-13-18-27(37)24-39-8)33(38)42-32-29(34(2,3)4)21-28(40-9)22-30(32)35(5,6)7/h10-12,16-17,21-22,25,27H,13-15,18-20,23-24H2,1-9H3/b36-31+/t25-,27-/m0/s1. The van der Waals surface area contributed by atoms with Gasteiger partial charge in [-0.1, -0.05) is 78.8 Å². The van der Waals surface area contributed by atoms with E-state index in [2.05, 4.69) is 60.6 Å². The molecule has 7 nitrogen and oxygen atoms in total. The maximum Gasteiger partial charge on any atom is 0.360 e. The third kappa shape index (κ3) is 9.30. The number of hydrogen-bond donors (Lipinski definition) is 0. The summed E-state index contributed by atoms with van der Waals surface area (Å²) in [6.45, 7) is 17.4. The number of methoxy groups -OCH3 is 2. The first-order valence-corrected chi connectivity index (χ1v) is 15.3. The van der Waals surface area contributed by atoms with Gasteiger partial charge in [0.05, 0.1) is 26.4 Å². The molecule has 0 aromatic heterocycles. The van der Waals surface area contributed by atoms with Crippen LogP contribution in [0.3, 0.4) is 0 Å². The number of ether oxygens (including phenoxy) is 4. The van der Waals surface area contributed by atoms with Gasteiger partial charge in [0.2, 0.25) is 0 Å². The molecule has 0 radical (unpaired) electrons. The summed E-state index contributed by atoms with van der Waals surface area (Å²) in [4.78, 5) is 14.1. The lowest BCUT2D eigenvalue weighted by Crippen LogP contribution is -2.35. The molecule has 0 spiro atoms. The predicted octanol–water partition coefficient (Wildman–Crippen LogP) is 7.30. The minimum absolute atomic E-state index is 0.115. The maximum atomic E-state index is 14.1. The van der Waals surface area contributed by atoms with Gasteiger partial charge in [0.25, 0.3) is 0 Å². The van der Waals surface area contributed by atoms with Gasteiger partial charge in [-0.2, -0.15) is 5.10 Å². The summed E-state index contributed by atoms with van der Waals surface area (Å²) in [6, 6.07) is 14.3. The van der Waals surface area contributed by atoms with Gasteiger partial charge in [-0.25, -0.2) is 4.79 Å². The van der Waals surface area contributed by atoms with Gasteiger partial charge in [-0.3, -0.25) is 5.01 Å². The van der Waals surface area contributed by atoms with Crippen LogP contribution in [0.1, 0.15) is 90.8 Å². The molecular formula is C35H52N2O5. The molecule has 3 rings (SSSR count). The number of carbonyl (C=O) groups is 1. The van der Waals surface area contributed by atoms with Crippen LogP contribution in [-0.4, -0.2) is 56.7 Å². The molecular weight excluding hydrogens is 528 g/mol. The van der Waals surface area contributed by atoms with Crippen LogP contribution in [0.2, 0.25) is 0 Å². The summed E-state index contributed by atoms with van der Waals surface area (Å²) in [6.07, 6.45) is 3.57. The molecule has 42 heavy (non-hydrogen) atoms. The smallest absolute Gasteiger partial charge is 0.360 e. The first-order valence-electron chi connectivity index (χ1n) is 15.3. The molecule has 1 heterocycles. The average Bonchev–Trinajstić information content (AvgIpc) is 3.37. The van der Waals surface area contributed by atoms with Crippen molar-refractivity contribution in [2.45, 2.75) is 97.6 Å². The normalized spacial score (nSPS) is 16.9. The monoisotopic (exact) mass is 580 g/mol. The Kier molecular flexibility index (Phi) is 12.0. The van der Waals surface area contributed by atoms with Gasteiger partial charge >= 0.3 is 5.97 Å². The first-order chi connectivity index (χ1) is 19.8. The number of hydrogen-bond acceptors (Lipinski definition) is 7. The Morgan fingerprint density at radius 2 is 1.67 bits per heavy atom. The highest BCUT2D eigenvalue weighted by Crippen LogP contribution is 2.42. The van der Waals surface area contributed by atoms with Crippen molar-refractivity contribution in [1.82, 2.24) is 5.01 Å². The zero-order valence-corrected chi connectivity index (χ0v) is 27.3. The lowest BCUT2D eigenvalue weighted by Gasteiger charge is -2.30. The Morgan fingerprint density at radius 1 is 1.02 bits per heavy atom. The zero-order chi connectivity index (χ0) is 30.9. The Labute approximate surface area is 253 Å². The second-order valence-electron chi connectivity index (χ2n) is 13.4. The maximum absolute atomic E-state index is 14.1. The van der Waals surface area contributed by atoms with Crippen molar-refractivity contribution >= 4 is 11.7 Å².